The van der Waals surface area contributed by atoms with Gasteiger partial charge in [-0.3, -0.25) is 4.79 Å². The van der Waals surface area contributed by atoms with E-state index in [0.717, 1.165) is 18.7 Å². The minimum Gasteiger partial charge on any atom is -0.497 e. The van der Waals surface area contributed by atoms with Crippen LogP contribution in [0.4, 0.5) is 5.69 Å². The molecule has 2 atom stereocenters. The number of hydrogen-bond acceptors (Lipinski definition) is 5. The van der Waals surface area contributed by atoms with Crippen LogP contribution in [0, 0.1) is 11.3 Å². The Morgan fingerprint density at radius 1 is 1.62 bits per heavy atom. The summed E-state index contributed by atoms with van der Waals surface area (Å²) in [5, 5.41) is 12.2. The zero-order chi connectivity index (χ0) is 15.4. The normalized spacial score (nSPS) is 19.0. The van der Waals surface area contributed by atoms with Gasteiger partial charge in [-0.05, 0) is 31.5 Å². The van der Waals surface area contributed by atoms with Crippen molar-refractivity contribution in [3.05, 3.63) is 23.8 Å². The van der Waals surface area contributed by atoms with E-state index in [1.165, 1.54) is 0 Å². The third-order valence-electron chi connectivity index (χ3n) is 3.61. The topological polar surface area (TPSA) is 91.4 Å². The minimum absolute atomic E-state index is 0.0668. The second kappa shape index (κ2) is 6.46. The Labute approximate surface area is 124 Å². The van der Waals surface area contributed by atoms with Crippen LogP contribution in [-0.2, 0) is 4.79 Å². The van der Waals surface area contributed by atoms with Crippen molar-refractivity contribution in [2.45, 2.75) is 25.4 Å². The summed E-state index contributed by atoms with van der Waals surface area (Å²) in [6.45, 7) is 3.14. The van der Waals surface area contributed by atoms with Gasteiger partial charge < -0.3 is 20.7 Å². The highest BCUT2D eigenvalue weighted by molar-refractivity contribution is 5.81. The molecule has 0 aromatic heterocycles. The van der Waals surface area contributed by atoms with Gasteiger partial charge in [-0.2, -0.15) is 5.26 Å². The van der Waals surface area contributed by atoms with Crippen LogP contribution in [-0.4, -0.2) is 38.2 Å². The van der Waals surface area contributed by atoms with Gasteiger partial charge in [0.05, 0.1) is 24.4 Å². The van der Waals surface area contributed by atoms with Gasteiger partial charge in [0.1, 0.15) is 11.8 Å². The van der Waals surface area contributed by atoms with Crippen molar-refractivity contribution in [1.29, 1.82) is 5.26 Å². The van der Waals surface area contributed by atoms with Gasteiger partial charge in [0.2, 0.25) is 5.91 Å². The molecule has 0 bridgehead atoms. The Kier molecular flexibility index (Phi) is 4.66. The zero-order valence-corrected chi connectivity index (χ0v) is 12.3. The second-order valence-electron chi connectivity index (χ2n) is 5.22. The van der Waals surface area contributed by atoms with E-state index < -0.39 is 6.04 Å². The van der Waals surface area contributed by atoms with E-state index in [9.17, 15) is 10.1 Å². The van der Waals surface area contributed by atoms with Gasteiger partial charge in [-0.15, -0.1) is 0 Å². The molecule has 1 aromatic rings. The van der Waals surface area contributed by atoms with Crippen LogP contribution in [0.3, 0.4) is 0 Å². The Morgan fingerprint density at radius 3 is 3.00 bits per heavy atom. The molecule has 21 heavy (non-hydrogen) atoms. The molecule has 1 aliphatic rings. The molecule has 2 rings (SSSR count). The highest BCUT2D eigenvalue weighted by Gasteiger charge is 2.26. The van der Waals surface area contributed by atoms with Crippen molar-refractivity contribution in [2.24, 2.45) is 5.73 Å². The van der Waals surface area contributed by atoms with Crippen LogP contribution in [0.15, 0.2) is 18.2 Å². The summed E-state index contributed by atoms with van der Waals surface area (Å²) in [4.78, 5) is 13.7. The lowest BCUT2D eigenvalue weighted by atomic mass is 10.1. The predicted octanol–water partition coefficient (Wildman–Crippen LogP) is 0.609. The molecule has 0 aliphatic carbocycles. The highest BCUT2D eigenvalue weighted by atomic mass is 16.5. The number of anilines is 1. The number of nitrogens with zero attached hydrogens (tertiary/aromatic N) is 2. The summed E-state index contributed by atoms with van der Waals surface area (Å²) in [5.41, 5.74) is 7.00. The molecule has 3 N–H and O–H groups in total. The number of benzene rings is 1. The van der Waals surface area contributed by atoms with E-state index in [1.807, 2.05) is 12.1 Å². The molecule has 112 valence electrons. The van der Waals surface area contributed by atoms with Crippen LogP contribution < -0.4 is 20.7 Å². The Balaban J connectivity index is 2.08. The van der Waals surface area contributed by atoms with Gasteiger partial charge in [-0.1, -0.05) is 0 Å². The number of rotatable bonds is 4. The Morgan fingerprint density at radius 2 is 2.38 bits per heavy atom. The molecule has 1 saturated heterocycles. The van der Waals surface area contributed by atoms with Crippen LogP contribution in [0.5, 0.6) is 5.75 Å². The minimum atomic E-state index is -0.505. The summed E-state index contributed by atoms with van der Waals surface area (Å²) in [6, 6.07) is 7.20. The maximum absolute atomic E-state index is 11.6. The van der Waals surface area contributed by atoms with Gasteiger partial charge >= 0.3 is 0 Å². The standard InChI is InChI=1S/C15H20N4O2/c1-10(17)15(20)18-12-5-6-19(9-12)14-4-3-13(21-2)7-11(14)8-16/h3-4,7,10,12H,5-6,9,17H2,1-2H3,(H,18,20)/t10-,12-/m0/s1. The van der Waals surface area contributed by atoms with Gasteiger partial charge in [0.15, 0.2) is 0 Å². The molecule has 0 unspecified atom stereocenters. The summed E-state index contributed by atoms with van der Waals surface area (Å²) in [5.74, 6) is 0.522. The van der Waals surface area contributed by atoms with Crippen LogP contribution in [0.2, 0.25) is 0 Å². The fourth-order valence-electron chi connectivity index (χ4n) is 2.44. The molecular formula is C15H20N4O2. The largest absolute Gasteiger partial charge is 0.497 e. The number of nitriles is 1. The van der Waals surface area contributed by atoms with E-state index in [4.69, 9.17) is 10.5 Å². The average molecular weight is 288 g/mol. The Hall–Kier alpha value is -2.26. The number of amides is 1. The summed E-state index contributed by atoms with van der Waals surface area (Å²) in [7, 11) is 1.57. The van der Waals surface area contributed by atoms with Crippen molar-refractivity contribution in [3.8, 4) is 11.8 Å². The number of carbonyl (C=O) groups is 1. The van der Waals surface area contributed by atoms with E-state index in [-0.39, 0.29) is 11.9 Å². The summed E-state index contributed by atoms with van der Waals surface area (Å²) >= 11 is 0. The van der Waals surface area contributed by atoms with Crippen molar-refractivity contribution >= 4 is 11.6 Å². The molecule has 1 fully saturated rings. The molecule has 0 saturated carbocycles. The third-order valence-corrected chi connectivity index (χ3v) is 3.61. The fourth-order valence-corrected chi connectivity index (χ4v) is 2.44. The van der Waals surface area contributed by atoms with E-state index >= 15 is 0 Å². The van der Waals surface area contributed by atoms with Crippen molar-refractivity contribution < 1.29 is 9.53 Å². The molecule has 6 heteroatoms. The van der Waals surface area contributed by atoms with Gasteiger partial charge in [-0.25, -0.2) is 0 Å². The van der Waals surface area contributed by atoms with Crippen molar-refractivity contribution in [1.82, 2.24) is 5.32 Å². The first-order chi connectivity index (χ1) is 10.0. The first-order valence-corrected chi connectivity index (χ1v) is 6.94. The summed E-state index contributed by atoms with van der Waals surface area (Å²) < 4.78 is 5.13. The zero-order valence-electron chi connectivity index (χ0n) is 12.3. The van der Waals surface area contributed by atoms with Crippen molar-refractivity contribution in [2.75, 3.05) is 25.1 Å². The lowest BCUT2D eigenvalue weighted by Crippen LogP contribution is -2.44. The van der Waals surface area contributed by atoms with Gasteiger partial charge in [0, 0.05) is 19.1 Å². The van der Waals surface area contributed by atoms with Crippen LogP contribution in [0.1, 0.15) is 18.9 Å². The molecule has 1 aromatic carbocycles. The third kappa shape index (κ3) is 3.44. The second-order valence-corrected chi connectivity index (χ2v) is 5.22. The number of nitrogens with one attached hydrogen (secondary N) is 1. The quantitative estimate of drug-likeness (QED) is 0.847. The molecule has 1 heterocycles. The lowest BCUT2D eigenvalue weighted by molar-refractivity contribution is -0.122. The average Bonchev–Trinajstić information content (AvgIpc) is 2.94. The highest BCUT2D eigenvalue weighted by Crippen LogP contribution is 2.27. The van der Waals surface area contributed by atoms with E-state index in [0.29, 0.717) is 17.9 Å². The van der Waals surface area contributed by atoms with Crippen LogP contribution in [0.25, 0.3) is 0 Å². The van der Waals surface area contributed by atoms with E-state index in [1.54, 1.807) is 20.1 Å². The molecule has 6 nitrogen and oxygen atoms in total. The maximum Gasteiger partial charge on any atom is 0.236 e. The summed E-state index contributed by atoms with van der Waals surface area (Å²) in [6.07, 6.45) is 0.843. The lowest BCUT2D eigenvalue weighted by Gasteiger charge is -2.21. The first-order valence-electron chi connectivity index (χ1n) is 6.94. The SMILES string of the molecule is COc1ccc(N2CC[C@H](NC(=O)[C@H](C)N)C2)c(C#N)c1. The monoisotopic (exact) mass is 288 g/mol. The number of hydrogen-bond donors (Lipinski definition) is 2. The van der Waals surface area contributed by atoms with Crippen LogP contribution >= 0.6 is 0 Å². The first kappa shape index (κ1) is 15.1. The fraction of sp³-hybridized carbons (Fsp3) is 0.467. The number of nitrogens with two attached hydrogens (primary N) is 1. The number of carbonyl (C=O) groups excluding carboxylic acids is 1. The molecule has 1 aliphatic heterocycles. The van der Waals surface area contributed by atoms with Gasteiger partial charge in [0.25, 0.3) is 0 Å². The molecule has 0 spiro atoms. The molecule has 0 radical (unpaired) electrons. The van der Waals surface area contributed by atoms with Crippen molar-refractivity contribution in [3.63, 3.8) is 0 Å². The Bertz CT molecular complexity index is 565. The molecule has 1 amide bonds. The maximum atomic E-state index is 11.6. The number of methoxy groups -OCH3 is 1. The van der Waals surface area contributed by atoms with E-state index in [2.05, 4.69) is 16.3 Å². The number of ether oxygens (including phenoxy) is 1. The molecular weight excluding hydrogens is 268 g/mol. The predicted molar refractivity (Wildman–Crippen MR) is 80.1 cm³/mol. The smallest absolute Gasteiger partial charge is 0.236 e.